The van der Waals surface area contributed by atoms with Gasteiger partial charge in [-0.25, -0.2) is 10.1 Å². The van der Waals surface area contributed by atoms with Gasteiger partial charge in [-0.05, 0) is 25.8 Å². The highest BCUT2D eigenvalue weighted by Crippen LogP contribution is 2.59. The predicted octanol–water partition coefficient (Wildman–Crippen LogP) is 1.95. The van der Waals surface area contributed by atoms with E-state index in [2.05, 4.69) is 20.0 Å². The van der Waals surface area contributed by atoms with Crippen LogP contribution in [-0.4, -0.2) is 79.0 Å². The highest BCUT2D eigenvalue weighted by atomic mass is 32.7. The topological polar surface area (TPSA) is 193 Å². The van der Waals surface area contributed by atoms with Crippen molar-refractivity contribution >= 4 is 41.2 Å². The van der Waals surface area contributed by atoms with Gasteiger partial charge in [0.25, 0.3) is 0 Å². The Hall–Kier alpha value is -2.78. The number of carbonyl (C=O) groups is 1. The van der Waals surface area contributed by atoms with Gasteiger partial charge in [0.1, 0.15) is 30.0 Å². The van der Waals surface area contributed by atoms with Crippen molar-refractivity contribution in [3.05, 3.63) is 42.2 Å². The molecule has 1 aromatic carbocycles. The fraction of sp³-hybridized carbons (Fsp3) is 0.500. The largest absolute Gasteiger partial charge is 0.479 e. The number of imidazole rings is 1. The van der Waals surface area contributed by atoms with Gasteiger partial charge < -0.3 is 34.7 Å². The molecule has 1 unspecified atom stereocenters. The number of nitrogens with two attached hydrogens (primary N) is 1. The molecule has 3 aromatic rings. The number of benzene rings is 1. The summed E-state index contributed by atoms with van der Waals surface area (Å²) in [5.74, 6) is -0.0791. The minimum atomic E-state index is -3.58. The normalized spacial score (nSPS) is 31.2. The maximum absolute atomic E-state index is 13.5. The molecule has 0 spiro atoms. The Morgan fingerprint density at radius 1 is 1.38 bits per heavy atom. The van der Waals surface area contributed by atoms with Gasteiger partial charge in [0, 0.05) is 5.75 Å². The zero-order valence-electron chi connectivity index (χ0n) is 22.0. The van der Waals surface area contributed by atoms with Gasteiger partial charge in [-0.1, -0.05) is 41.7 Å². The molecule has 0 radical (unpaired) electrons. The summed E-state index contributed by atoms with van der Waals surface area (Å²) < 4.78 is 37.4. The van der Waals surface area contributed by atoms with Crippen molar-refractivity contribution < 1.29 is 38.3 Å². The van der Waals surface area contributed by atoms with Crippen molar-refractivity contribution in [1.29, 1.82) is 0 Å². The molecule has 0 aliphatic carbocycles. The number of ether oxygens (including phenoxy) is 3. The first-order valence-corrected chi connectivity index (χ1v) is 15.8. The van der Waals surface area contributed by atoms with Crippen molar-refractivity contribution in [2.45, 2.75) is 56.5 Å². The van der Waals surface area contributed by atoms with E-state index in [-0.39, 0.29) is 29.6 Å². The fourth-order valence-corrected chi connectivity index (χ4v) is 8.46. The summed E-state index contributed by atoms with van der Waals surface area (Å²) in [4.78, 5) is 25.2. The summed E-state index contributed by atoms with van der Waals surface area (Å²) in [6.45, 7) is -0.748. The van der Waals surface area contributed by atoms with E-state index in [1.165, 1.54) is 24.9 Å². The van der Waals surface area contributed by atoms with E-state index in [4.69, 9.17) is 24.5 Å². The first kappa shape index (κ1) is 28.7. The lowest BCUT2D eigenvalue weighted by Gasteiger charge is -2.30. The van der Waals surface area contributed by atoms with E-state index in [0.29, 0.717) is 12.2 Å². The van der Waals surface area contributed by atoms with Crippen LogP contribution in [0.3, 0.4) is 0 Å². The molecule has 5 rings (SSSR count). The van der Waals surface area contributed by atoms with E-state index < -0.39 is 48.9 Å². The quantitative estimate of drug-likeness (QED) is 0.218. The zero-order valence-corrected chi connectivity index (χ0v) is 23.7. The molecule has 2 fully saturated rings. The van der Waals surface area contributed by atoms with Crippen molar-refractivity contribution in [1.82, 2.24) is 24.6 Å². The molecular formula is C24H31N6O8PS. The highest BCUT2D eigenvalue weighted by molar-refractivity contribution is 8.56. The maximum Gasteiger partial charge on any atom is 0.327 e. The van der Waals surface area contributed by atoms with Gasteiger partial charge in [0.05, 0.1) is 20.0 Å². The van der Waals surface area contributed by atoms with Crippen molar-refractivity contribution in [3.8, 4) is 5.88 Å². The van der Waals surface area contributed by atoms with Crippen molar-refractivity contribution in [2.24, 2.45) is 0 Å². The number of aliphatic hydroxyl groups is 2. The molecule has 0 amide bonds. The SMILES string of the molecule is COc1nc(N)nc2c1ncn2[C@@H]1OC(CO[P@]2(=O)N[C@H](C(=O)O[C@H](C)c3ccccc3)CCS2)[C@@H](O)[C@@]1(C)O. The van der Waals surface area contributed by atoms with E-state index in [0.717, 1.165) is 16.9 Å². The third-order valence-electron chi connectivity index (χ3n) is 6.84. The predicted molar refractivity (Wildman–Crippen MR) is 145 cm³/mol. The van der Waals surface area contributed by atoms with Gasteiger partial charge in [0.2, 0.25) is 11.8 Å². The molecule has 216 valence electrons. The second-order valence-electron chi connectivity index (χ2n) is 9.70. The monoisotopic (exact) mass is 594 g/mol. The average molecular weight is 595 g/mol. The number of aliphatic hydroxyl groups excluding tert-OH is 1. The van der Waals surface area contributed by atoms with Gasteiger partial charge in [-0.2, -0.15) is 9.97 Å². The maximum atomic E-state index is 13.5. The average Bonchev–Trinajstić information content (AvgIpc) is 3.45. The third-order valence-corrected chi connectivity index (χ3v) is 10.9. The van der Waals surface area contributed by atoms with E-state index in [1.54, 1.807) is 6.92 Å². The molecular weight excluding hydrogens is 563 g/mol. The minimum Gasteiger partial charge on any atom is -0.479 e. The van der Waals surface area contributed by atoms with Crippen LogP contribution in [-0.2, 0) is 23.4 Å². The summed E-state index contributed by atoms with van der Waals surface area (Å²) in [7, 11) is 1.41. The third kappa shape index (κ3) is 5.55. The van der Waals surface area contributed by atoms with Gasteiger partial charge in [-0.3, -0.25) is 13.9 Å². The summed E-state index contributed by atoms with van der Waals surface area (Å²) in [6.07, 6.45) is -2.35. The smallest absolute Gasteiger partial charge is 0.327 e. The summed E-state index contributed by atoms with van der Waals surface area (Å²) >= 11 is 1.05. The molecule has 0 saturated carbocycles. The molecule has 2 saturated heterocycles. The van der Waals surface area contributed by atoms with Gasteiger partial charge >= 0.3 is 12.7 Å². The molecule has 4 heterocycles. The zero-order chi connectivity index (χ0) is 28.7. The molecule has 5 N–H and O–H groups in total. The Labute approximate surface area is 233 Å². The summed E-state index contributed by atoms with van der Waals surface area (Å²) in [6, 6.07) is 8.46. The number of fused-ring (bicyclic) bond motifs is 1. The molecule has 2 aliphatic rings. The fourth-order valence-electron chi connectivity index (χ4n) is 4.65. The number of aromatic nitrogens is 4. The molecule has 40 heavy (non-hydrogen) atoms. The number of hydrogen-bond donors (Lipinski definition) is 4. The number of nitrogen functional groups attached to an aromatic ring is 1. The Balaban J connectivity index is 1.25. The lowest BCUT2D eigenvalue weighted by Crippen LogP contribution is -2.44. The van der Waals surface area contributed by atoms with E-state index >= 15 is 0 Å². The Morgan fingerprint density at radius 2 is 2.12 bits per heavy atom. The summed E-state index contributed by atoms with van der Waals surface area (Å²) in [5.41, 5.74) is 5.34. The standard InChI is InChI=1S/C24H31N6O8PS/c1-13(14-7-5-4-6-8-14)37-21(32)15-9-10-40-39(34,29-15)36-11-16-18(31)24(2,33)22(38-16)30-12-26-17-19(30)27-23(25)28-20(17)35-3/h4-8,12-13,15-16,18,22,31,33H,9-11H2,1-3H3,(H,29,34)(H2,25,27,28)/t13-,15+,16?,18-,22-,24-,39-/m1/s1. The van der Waals surface area contributed by atoms with Crippen molar-refractivity contribution in [3.63, 3.8) is 0 Å². The number of hydrogen-bond acceptors (Lipinski definition) is 13. The van der Waals surface area contributed by atoms with Crippen LogP contribution in [0.5, 0.6) is 5.88 Å². The van der Waals surface area contributed by atoms with Crippen LogP contribution in [0.15, 0.2) is 36.7 Å². The van der Waals surface area contributed by atoms with Crippen LogP contribution in [0.1, 0.15) is 38.2 Å². The van der Waals surface area contributed by atoms with Gasteiger partial charge in [0.15, 0.2) is 17.4 Å². The van der Waals surface area contributed by atoms with Crippen molar-refractivity contribution in [2.75, 3.05) is 25.2 Å². The van der Waals surface area contributed by atoms with Gasteiger partial charge in [-0.15, -0.1) is 0 Å². The van der Waals surface area contributed by atoms with Crippen LogP contribution in [0.25, 0.3) is 11.2 Å². The molecule has 2 aliphatic heterocycles. The molecule has 7 atom stereocenters. The lowest BCUT2D eigenvalue weighted by molar-refractivity contribution is -0.150. The van der Waals surface area contributed by atoms with E-state index in [9.17, 15) is 19.6 Å². The van der Waals surface area contributed by atoms with Crippen LogP contribution in [0.4, 0.5) is 5.95 Å². The van der Waals surface area contributed by atoms with Crippen LogP contribution < -0.4 is 15.6 Å². The number of rotatable bonds is 8. The molecule has 0 bridgehead atoms. The Bertz CT molecular complexity index is 1430. The van der Waals surface area contributed by atoms with Crippen LogP contribution >= 0.6 is 18.1 Å². The van der Waals surface area contributed by atoms with E-state index in [1.807, 2.05) is 30.3 Å². The summed E-state index contributed by atoms with van der Waals surface area (Å²) in [5, 5.41) is 24.9. The molecule has 16 heteroatoms. The lowest BCUT2D eigenvalue weighted by atomic mass is 9.96. The first-order chi connectivity index (χ1) is 19.0. The second kappa shape index (κ2) is 11.2. The first-order valence-electron chi connectivity index (χ1n) is 12.5. The highest BCUT2D eigenvalue weighted by Gasteiger charge is 2.54. The number of nitrogens with one attached hydrogen (secondary N) is 1. The van der Waals surface area contributed by atoms with Crippen LogP contribution in [0, 0.1) is 0 Å². The number of nitrogens with zero attached hydrogens (tertiary/aromatic N) is 4. The number of anilines is 1. The minimum absolute atomic E-state index is 0.0751. The Kier molecular flexibility index (Phi) is 8.08. The number of carbonyl (C=O) groups excluding carboxylic acids is 1. The van der Waals surface area contributed by atoms with Crippen LogP contribution in [0.2, 0.25) is 0 Å². The Morgan fingerprint density at radius 3 is 2.85 bits per heavy atom. The second-order valence-corrected chi connectivity index (χ2v) is 14.1. The number of methoxy groups -OCH3 is 1. The molecule has 2 aromatic heterocycles. The molecule has 14 nitrogen and oxygen atoms in total. The number of esters is 1.